The summed E-state index contributed by atoms with van der Waals surface area (Å²) < 4.78 is 11.1. The molecule has 0 amide bonds. The second-order valence-corrected chi connectivity index (χ2v) is 5.90. The van der Waals surface area contributed by atoms with E-state index >= 15 is 0 Å². The number of aryl methyl sites for hydroxylation is 1. The third-order valence-electron chi connectivity index (χ3n) is 4.06. The van der Waals surface area contributed by atoms with E-state index in [9.17, 15) is 4.79 Å². The molecule has 2 aromatic heterocycles. The summed E-state index contributed by atoms with van der Waals surface area (Å²) in [4.78, 5) is 24.4. The van der Waals surface area contributed by atoms with Crippen molar-refractivity contribution in [1.82, 2.24) is 9.97 Å². The highest BCUT2D eigenvalue weighted by atomic mass is 16.7. The number of H-pyrrole nitrogens is 1. The van der Waals surface area contributed by atoms with Crippen molar-refractivity contribution in [2.45, 2.75) is 20.3 Å². The number of aromatic amines is 1. The zero-order valence-corrected chi connectivity index (χ0v) is 15.5. The van der Waals surface area contributed by atoms with Gasteiger partial charge in [0.15, 0.2) is 5.75 Å². The molecule has 3 aromatic rings. The van der Waals surface area contributed by atoms with Gasteiger partial charge in [-0.25, -0.2) is 4.79 Å². The van der Waals surface area contributed by atoms with Crippen molar-refractivity contribution in [3.8, 4) is 11.5 Å². The van der Waals surface area contributed by atoms with Crippen molar-refractivity contribution in [2.24, 2.45) is 5.16 Å². The number of hydrogen-bond acceptors (Lipinski definition) is 6. The molecule has 0 aliphatic heterocycles. The maximum Gasteiger partial charge on any atom is 0.352 e. The van der Waals surface area contributed by atoms with Crippen molar-refractivity contribution in [1.29, 1.82) is 0 Å². The largest absolute Gasteiger partial charge is 0.496 e. The summed E-state index contributed by atoms with van der Waals surface area (Å²) in [5.74, 6) is 0.658. The van der Waals surface area contributed by atoms with E-state index in [1.54, 1.807) is 26.4 Å². The van der Waals surface area contributed by atoms with Crippen LogP contribution in [-0.4, -0.2) is 35.9 Å². The maximum absolute atomic E-state index is 12.1. The SMILES string of the molecule is CC=NOCC(=O)Oc1c(C)[nH]c2ccc(OC)c(Cc3cccnc3)c12. The van der Waals surface area contributed by atoms with Gasteiger partial charge in [0.1, 0.15) is 5.75 Å². The first-order valence-corrected chi connectivity index (χ1v) is 8.51. The number of ether oxygens (including phenoxy) is 2. The van der Waals surface area contributed by atoms with Crippen molar-refractivity contribution in [3.05, 3.63) is 53.5 Å². The molecule has 0 spiro atoms. The standard InChI is InChI=1S/C20H21N3O4/c1-4-22-26-12-18(24)27-20-13(2)23-16-7-8-17(25-3)15(19(16)20)10-14-6-5-9-21-11-14/h4-9,11,23H,10,12H2,1-3H3. The number of carbonyl (C=O) groups is 1. The van der Waals surface area contributed by atoms with Crippen LogP contribution in [0.15, 0.2) is 41.8 Å². The van der Waals surface area contributed by atoms with Crippen LogP contribution in [0.3, 0.4) is 0 Å². The van der Waals surface area contributed by atoms with E-state index in [2.05, 4.69) is 15.1 Å². The fourth-order valence-electron chi connectivity index (χ4n) is 2.95. The van der Waals surface area contributed by atoms with Crippen LogP contribution in [0, 0.1) is 6.92 Å². The molecule has 27 heavy (non-hydrogen) atoms. The average Bonchev–Trinajstić information content (AvgIpc) is 2.99. The number of benzene rings is 1. The van der Waals surface area contributed by atoms with Gasteiger partial charge in [-0.1, -0.05) is 11.2 Å². The second kappa shape index (κ2) is 8.35. The average molecular weight is 367 g/mol. The zero-order chi connectivity index (χ0) is 19.2. The fraction of sp³-hybridized carbons (Fsp3) is 0.250. The van der Waals surface area contributed by atoms with Crippen LogP contribution in [0.5, 0.6) is 11.5 Å². The lowest BCUT2D eigenvalue weighted by atomic mass is 10.0. The number of nitrogens with zero attached hydrogens (tertiary/aromatic N) is 2. The normalized spacial score (nSPS) is 11.1. The van der Waals surface area contributed by atoms with Gasteiger partial charge in [-0.05, 0) is 37.6 Å². The molecule has 7 heteroatoms. The molecule has 0 atom stereocenters. The van der Waals surface area contributed by atoms with Gasteiger partial charge >= 0.3 is 5.97 Å². The molecular weight excluding hydrogens is 346 g/mol. The lowest BCUT2D eigenvalue weighted by molar-refractivity contribution is -0.139. The molecule has 1 aromatic carbocycles. The predicted molar refractivity (Wildman–Crippen MR) is 102 cm³/mol. The molecule has 0 bridgehead atoms. The molecule has 0 saturated carbocycles. The van der Waals surface area contributed by atoms with Crippen LogP contribution < -0.4 is 9.47 Å². The summed E-state index contributed by atoms with van der Waals surface area (Å²) in [6.07, 6.45) is 5.59. The van der Waals surface area contributed by atoms with Crippen LogP contribution in [0.1, 0.15) is 23.7 Å². The predicted octanol–water partition coefficient (Wildman–Crippen LogP) is 3.40. The van der Waals surface area contributed by atoms with Gasteiger partial charge < -0.3 is 19.3 Å². The molecule has 0 fully saturated rings. The Balaban J connectivity index is 2.03. The first kappa shape index (κ1) is 18.4. The van der Waals surface area contributed by atoms with E-state index < -0.39 is 5.97 Å². The highest BCUT2D eigenvalue weighted by molar-refractivity contribution is 5.95. The molecule has 0 unspecified atom stereocenters. The number of carbonyl (C=O) groups excluding carboxylic acids is 1. The van der Waals surface area contributed by atoms with Crippen LogP contribution in [0.2, 0.25) is 0 Å². The van der Waals surface area contributed by atoms with Gasteiger partial charge in [0.2, 0.25) is 6.61 Å². The summed E-state index contributed by atoms with van der Waals surface area (Å²) in [6.45, 7) is 3.29. The van der Waals surface area contributed by atoms with E-state index in [1.165, 1.54) is 6.21 Å². The third kappa shape index (κ3) is 4.08. The fourth-order valence-corrected chi connectivity index (χ4v) is 2.95. The molecule has 140 valence electrons. The Morgan fingerprint density at radius 2 is 2.19 bits per heavy atom. The van der Waals surface area contributed by atoms with E-state index in [-0.39, 0.29) is 6.61 Å². The van der Waals surface area contributed by atoms with Gasteiger partial charge in [0.05, 0.1) is 18.3 Å². The van der Waals surface area contributed by atoms with E-state index in [0.29, 0.717) is 12.2 Å². The van der Waals surface area contributed by atoms with Crippen LogP contribution in [0.4, 0.5) is 0 Å². The Labute approximate surface area is 157 Å². The number of rotatable bonds is 7. The molecule has 2 heterocycles. The summed E-state index contributed by atoms with van der Waals surface area (Å²) in [7, 11) is 1.62. The zero-order valence-electron chi connectivity index (χ0n) is 15.5. The first-order valence-electron chi connectivity index (χ1n) is 8.51. The Hall–Kier alpha value is -3.35. The monoisotopic (exact) mass is 367 g/mol. The van der Waals surface area contributed by atoms with Gasteiger partial charge in [0, 0.05) is 36.0 Å². The highest BCUT2D eigenvalue weighted by Crippen LogP contribution is 2.38. The second-order valence-electron chi connectivity index (χ2n) is 5.90. The molecular formula is C20H21N3O4. The molecule has 0 aliphatic rings. The lowest BCUT2D eigenvalue weighted by Crippen LogP contribution is -2.14. The van der Waals surface area contributed by atoms with Gasteiger partial charge in [-0.2, -0.15) is 0 Å². The van der Waals surface area contributed by atoms with Crippen molar-refractivity contribution in [3.63, 3.8) is 0 Å². The third-order valence-corrected chi connectivity index (χ3v) is 4.06. The van der Waals surface area contributed by atoms with E-state index in [1.807, 2.05) is 31.2 Å². The molecule has 3 rings (SSSR count). The van der Waals surface area contributed by atoms with Crippen molar-refractivity contribution >= 4 is 23.1 Å². The van der Waals surface area contributed by atoms with Crippen LogP contribution >= 0.6 is 0 Å². The summed E-state index contributed by atoms with van der Waals surface area (Å²) in [5.41, 5.74) is 3.56. The lowest BCUT2D eigenvalue weighted by Gasteiger charge is -2.12. The van der Waals surface area contributed by atoms with Gasteiger partial charge in [0.25, 0.3) is 0 Å². The Morgan fingerprint density at radius 3 is 2.89 bits per heavy atom. The Bertz CT molecular complexity index is 964. The topological polar surface area (TPSA) is 85.8 Å². The number of fused-ring (bicyclic) bond motifs is 1. The number of pyridine rings is 1. The van der Waals surface area contributed by atoms with Gasteiger partial charge in [-0.15, -0.1) is 0 Å². The quantitative estimate of drug-likeness (QED) is 0.393. The van der Waals surface area contributed by atoms with Gasteiger partial charge in [-0.3, -0.25) is 4.98 Å². The van der Waals surface area contributed by atoms with Crippen LogP contribution in [-0.2, 0) is 16.1 Å². The Morgan fingerprint density at radius 1 is 1.33 bits per heavy atom. The minimum absolute atomic E-state index is 0.266. The minimum Gasteiger partial charge on any atom is -0.496 e. The first-order chi connectivity index (χ1) is 13.1. The Kier molecular flexibility index (Phi) is 5.71. The smallest absolute Gasteiger partial charge is 0.352 e. The van der Waals surface area contributed by atoms with E-state index in [4.69, 9.17) is 14.3 Å². The number of esters is 1. The molecule has 0 aliphatic carbocycles. The maximum atomic E-state index is 12.1. The van der Waals surface area contributed by atoms with E-state index in [0.717, 1.165) is 33.5 Å². The number of hydrogen-bond donors (Lipinski definition) is 1. The van der Waals surface area contributed by atoms with Crippen molar-refractivity contribution in [2.75, 3.05) is 13.7 Å². The number of nitrogens with one attached hydrogen (secondary N) is 1. The van der Waals surface area contributed by atoms with Crippen molar-refractivity contribution < 1.29 is 19.1 Å². The minimum atomic E-state index is -0.528. The summed E-state index contributed by atoms with van der Waals surface area (Å²) in [5, 5.41) is 4.37. The number of methoxy groups -OCH3 is 1. The molecule has 0 radical (unpaired) electrons. The van der Waals surface area contributed by atoms with Crippen LogP contribution in [0.25, 0.3) is 10.9 Å². The summed E-state index contributed by atoms with van der Waals surface area (Å²) >= 11 is 0. The number of oxime groups is 1. The number of aromatic nitrogens is 2. The molecule has 0 saturated heterocycles. The summed E-state index contributed by atoms with van der Waals surface area (Å²) in [6, 6.07) is 7.68. The highest BCUT2D eigenvalue weighted by Gasteiger charge is 2.20. The molecule has 7 nitrogen and oxygen atoms in total. The molecule has 1 N–H and O–H groups in total.